The predicted molar refractivity (Wildman–Crippen MR) is 91.6 cm³/mol. The van der Waals surface area contributed by atoms with Gasteiger partial charge >= 0.3 is 5.97 Å². The van der Waals surface area contributed by atoms with E-state index in [1.807, 2.05) is 13.0 Å². The lowest BCUT2D eigenvalue weighted by Crippen LogP contribution is -2.47. The Morgan fingerprint density at radius 2 is 1.55 bits per heavy atom. The molecule has 0 radical (unpaired) electrons. The van der Waals surface area contributed by atoms with Crippen molar-refractivity contribution in [1.82, 2.24) is 0 Å². The van der Waals surface area contributed by atoms with Crippen molar-refractivity contribution in [2.24, 2.45) is 5.73 Å². The monoisotopic (exact) mass is 309 g/mol. The lowest BCUT2D eigenvalue weighted by atomic mass is 10.1. The minimum Gasteiger partial charge on any atom is -0.478 e. The van der Waals surface area contributed by atoms with Crippen molar-refractivity contribution in [1.29, 1.82) is 0 Å². The summed E-state index contributed by atoms with van der Waals surface area (Å²) in [5.41, 5.74) is 7.80. The third-order valence-electron chi connectivity index (χ3n) is 3.36. The van der Waals surface area contributed by atoms with Crippen molar-refractivity contribution in [3.8, 4) is 0 Å². The van der Waals surface area contributed by atoms with Gasteiger partial charge in [-0.15, -0.1) is 0 Å². The molecule has 0 bridgehead atoms. The first-order valence-electron chi connectivity index (χ1n) is 7.76. The summed E-state index contributed by atoms with van der Waals surface area (Å²) in [5.74, 6) is -1.16. The van der Waals surface area contributed by atoms with E-state index in [0.717, 1.165) is 25.7 Å². The molecule has 0 fully saturated rings. The van der Waals surface area contributed by atoms with Gasteiger partial charge in [0.1, 0.15) is 0 Å². The fraction of sp³-hybridized carbons (Fsp3) is 0.611. The van der Waals surface area contributed by atoms with E-state index in [2.05, 4.69) is 32.9 Å². The van der Waals surface area contributed by atoms with Crippen molar-refractivity contribution in [3.05, 3.63) is 34.9 Å². The number of rotatable bonds is 10. The van der Waals surface area contributed by atoms with Crippen LogP contribution in [0.2, 0.25) is 0 Å². The number of hydrogen-bond donors (Lipinski definition) is 2. The van der Waals surface area contributed by atoms with Crippen LogP contribution < -0.4 is 5.73 Å². The van der Waals surface area contributed by atoms with Gasteiger partial charge in [0.25, 0.3) is 0 Å². The van der Waals surface area contributed by atoms with Crippen molar-refractivity contribution in [2.75, 3.05) is 6.61 Å². The van der Waals surface area contributed by atoms with Gasteiger partial charge in [0, 0.05) is 0 Å². The number of carboxylic acid groups (broad SMARTS) is 1. The first-order valence-corrected chi connectivity index (χ1v) is 7.76. The van der Waals surface area contributed by atoms with Crippen LogP contribution in [-0.4, -0.2) is 23.4 Å². The molecule has 0 aromatic heterocycles. The van der Waals surface area contributed by atoms with Crippen LogP contribution >= 0.6 is 0 Å². The van der Waals surface area contributed by atoms with Crippen LogP contribution in [0.5, 0.6) is 0 Å². The molecule has 0 heterocycles. The highest BCUT2D eigenvalue weighted by Crippen LogP contribution is 2.11. The van der Waals surface area contributed by atoms with Gasteiger partial charge in [0.15, 0.2) is 0 Å². The topological polar surface area (TPSA) is 72.5 Å². The third kappa shape index (κ3) is 10.4. The van der Waals surface area contributed by atoms with Crippen LogP contribution in [0, 0.1) is 0 Å². The van der Waals surface area contributed by atoms with Crippen LogP contribution in [0.4, 0.5) is 0 Å². The van der Waals surface area contributed by atoms with Crippen molar-refractivity contribution in [2.45, 2.75) is 66.0 Å². The zero-order valence-electron chi connectivity index (χ0n) is 14.6. The van der Waals surface area contributed by atoms with Gasteiger partial charge in [-0.25, -0.2) is 4.79 Å². The number of carbonyl (C=O) groups is 1. The lowest BCUT2D eigenvalue weighted by molar-refractivity contribution is -0.161. The van der Waals surface area contributed by atoms with E-state index in [9.17, 15) is 4.79 Å². The van der Waals surface area contributed by atoms with Gasteiger partial charge in [-0.05, 0) is 60.3 Å². The molecular weight excluding hydrogens is 278 g/mol. The molecule has 0 amide bonds. The van der Waals surface area contributed by atoms with Crippen LogP contribution in [0.15, 0.2) is 34.9 Å². The van der Waals surface area contributed by atoms with Gasteiger partial charge in [0.05, 0.1) is 6.61 Å². The molecule has 4 nitrogen and oxygen atoms in total. The molecule has 0 spiro atoms. The molecule has 0 saturated heterocycles. The summed E-state index contributed by atoms with van der Waals surface area (Å²) in [4.78, 5) is 10.8. The summed E-state index contributed by atoms with van der Waals surface area (Å²) >= 11 is 0. The summed E-state index contributed by atoms with van der Waals surface area (Å²) in [6, 6.07) is 0. The number of allylic oxidation sites excluding steroid dienone is 5. The van der Waals surface area contributed by atoms with Crippen molar-refractivity contribution < 1.29 is 14.6 Å². The molecule has 0 aliphatic rings. The number of carboxylic acids is 1. The van der Waals surface area contributed by atoms with Gasteiger partial charge in [-0.3, -0.25) is 5.73 Å². The number of hydrogen-bond acceptors (Lipinski definition) is 3. The molecular formula is C18H31NO3. The highest BCUT2D eigenvalue weighted by atomic mass is 16.5. The molecule has 1 atom stereocenters. The second kappa shape index (κ2) is 10.4. The summed E-state index contributed by atoms with van der Waals surface area (Å²) in [6.45, 7) is 9.97. The molecule has 0 aliphatic heterocycles. The Morgan fingerprint density at radius 1 is 1.05 bits per heavy atom. The molecule has 4 heteroatoms. The highest BCUT2D eigenvalue weighted by molar-refractivity contribution is 5.75. The zero-order chi connectivity index (χ0) is 17.2. The van der Waals surface area contributed by atoms with Crippen molar-refractivity contribution in [3.63, 3.8) is 0 Å². The molecule has 0 aromatic rings. The van der Waals surface area contributed by atoms with Crippen LogP contribution in [0.25, 0.3) is 0 Å². The van der Waals surface area contributed by atoms with E-state index in [1.54, 1.807) is 0 Å². The average molecular weight is 309 g/mol. The zero-order valence-corrected chi connectivity index (χ0v) is 14.6. The van der Waals surface area contributed by atoms with Crippen molar-refractivity contribution >= 4 is 5.97 Å². The smallest absolute Gasteiger partial charge is 0.350 e. The van der Waals surface area contributed by atoms with Gasteiger partial charge in [-0.1, -0.05) is 34.9 Å². The fourth-order valence-electron chi connectivity index (χ4n) is 1.76. The third-order valence-corrected chi connectivity index (χ3v) is 3.36. The molecule has 0 rings (SSSR count). The Kier molecular flexibility index (Phi) is 9.70. The molecule has 22 heavy (non-hydrogen) atoms. The maximum absolute atomic E-state index is 10.8. The maximum Gasteiger partial charge on any atom is 0.350 e. The molecule has 0 aliphatic carbocycles. The minimum absolute atomic E-state index is 0.217. The number of nitrogens with two attached hydrogens (primary N) is 1. The van der Waals surface area contributed by atoms with Gasteiger partial charge in [0.2, 0.25) is 5.72 Å². The predicted octanol–water partition coefficient (Wildman–Crippen LogP) is 4.18. The summed E-state index contributed by atoms with van der Waals surface area (Å²) in [7, 11) is 0. The minimum atomic E-state index is -1.63. The summed E-state index contributed by atoms with van der Waals surface area (Å²) in [5, 5.41) is 8.83. The fourth-order valence-corrected chi connectivity index (χ4v) is 1.76. The molecule has 126 valence electrons. The van der Waals surface area contributed by atoms with Gasteiger partial charge < -0.3 is 9.84 Å². The van der Waals surface area contributed by atoms with E-state index in [1.165, 1.54) is 23.6 Å². The summed E-state index contributed by atoms with van der Waals surface area (Å²) < 4.78 is 5.14. The van der Waals surface area contributed by atoms with Crippen LogP contribution in [0.1, 0.15) is 60.3 Å². The molecule has 3 N–H and O–H groups in total. The Labute approximate surface area is 134 Å². The maximum atomic E-state index is 10.8. The van der Waals surface area contributed by atoms with Gasteiger partial charge in [-0.2, -0.15) is 0 Å². The normalized spacial score (nSPS) is 15.4. The van der Waals surface area contributed by atoms with Crippen LogP contribution in [-0.2, 0) is 9.53 Å². The molecule has 0 aromatic carbocycles. The Bertz CT molecular complexity index is 441. The first-order chi connectivity index (χ1) is 10.1. The Balaban J connectivity index is 4.07. The molecule has 1 unspecified atom stereocenters. The van der Waals surface area contributed by atoms with E-state index in [-0.39, 0.29) is 6.61 Å². The Hall–Kier alpha value is -1.39. The van der Waals surface area contributed by atoms with E-state index < -0.39 is 11.7 Å². The number of ether oxygens (including phenoxy) is 1. The van der Waals surface area contributed by atoms with E-state index in [4.69, 9.17) is 15.6 Å². The first kappa shape index (κ1) is 20.6. The molecule has 0 saturated carbocycles. The average Bonchev–Trinajstić information content (AvgIpc) is 2.37. The van der Waals surface area contributed by atoms with E-state index in [0.29, 0.717) is 0 Å². The quantitative estimate of drug-likeness (QED) is 0.469. The second-order valence-electron chi connectivity index (χ2n) is 6.18. The highest BCUT2D eigenvalue weighted by Gasteiger charge is 2.28. The second-order valence-corrected chi connectivity index (χ2v) is 6.18. The largest absolute Gasteiger partial charge is 0.478 e. The lowest BCUT2D eigenvalue weighted by Gasteiger charge is -2.18. The van der Waals surface area contributed by atoms with E-state index >= 15 is 0 Å². The SMILES string of the molecule is CC(C)=CCCC(C)=CCCC(C)=CCOC(C)(N)C(=O)O. The summed E-state index contributed by atoms with van der Waals surface area (Å²) in [6.07, 6.45) is 10.5. The standard InChI is InChI=1S/C18H31NO3/c1-14(2)8-6-9-15(3)10-7-11-16(4)12-13-22-18(5,19)17(20)21/h8,10,12H,6-7,9,11,13,19H2,1-5H3,(H,20,21). The van der Waals surface area contributed by atoms with Crippen LogP contribution in [0.3, 0.4) is 0 Å². The number of aliphatic carboxylic acids is 1. The Morgan fingerprint density at radius 3 is 2.05 bits per heavy atom.